The average Bonchev–Trinajstić information content (AvgIpc) is 2.81. The van der Waals surface area contributed by atoms with E-state index in [0.717, 1.165) is 26.2 Å². The largest absolute Gasteiger partial charge is 0.347 e. The highest BCUT2D eigenvalue weighted by Gasteiger charge is 2.09. The van der Waals surface area contributed by atoms with E-state index in [2.05, 4.69) is 28.2 Å². The van der Waals surface area contributed by atoms with Crippen LogP contribution in [-0.4, -0.2) is 5.91 Å². The standard InChI is InChI=1S/C14H14BrNOS/c1-2-10-5-3-4-6-12(10)14(17)16-9-11-7-8-13(15)18-11/h3-8H,2,9H2,1H3,(H,16,17). The van der Waals surface area contributed by atoms with E-state index < -0.39 is 0 Å². The number of hydrogen-bond acceptors (Lipinski definition) is 2. The predicted molar refractivity (Wildman–Crippen MR) is 79.0 cm³/mol. The fourth-order valence-electron chi connectivity index (χ4n) is 1.76. The lowest BCUT2D eigenvalue weighted by molar-refractivity contribution is 0.0950. The number of benzene rings is 1. The molecule has 0 atom stereocenters. The summed E-state index contributed by atoms with van der Waals surface area (Å²) < 4.78 is 1.08. The molecule has 0 saturated heterocycles. The van der Waals surface area contributed by atoms with Crippen molar-refractivity contribution in [3.8, 4) is 0 Å². The van der Waals surface area contributed by atoms with Gasteiger partial charge in [0.05, 0.1) is 10.3 Å². The molecule has 0 radical (unpaired) electrons. The number of amides is 1. The van der Waals surface area contributed by atoms with Crippen molar-refractivity contribution >= 4 is 33.2 Å². The van der Waals surface area contributed by atoms with Crippen molar-refractivity contribution in [2.75, 3.05) is 0 Å². The van der Waals surface area contributed by atoms with E-state index >= 15 is 0 Å². The molecule has 2 aromatic rings. The number of nitrogens with one attached hydrogen (secondary N) is 1. The van der Waals surface area contributed by atoms with Crippen LogP contribution in [0, 0.1) is 0 Å². The van der Waals surface area contributed by atoms with Gasteiger partial charge in [0.15, 0.2) is 0 Å². The molecule has 1 N–H and O–H groups in total. The molecule has 0 aliphatic heterocycles. The van der Waals surface area contributed by atoms with E-state index in [1.165, 1.54) is 0 Å². The Morgan fingerprint density at radius 2 is 2.06 bits per heavy atom. The highest BCUT2D eigenvalue weighted by Crippen LogP contribution is 2.21. The number of carbonyl (C=O) groups excluding carboxylic acids is 1. The van der Waals surface area contributed by atoms with Gasteiger partial charge in [0.25, 0.3) is 5.91 Å². The second-order valence-corrected chi connectivity index (χ2v) is 6.45. The minimum Gasteiger partial charge on any atom is -0.347 e. The van der Waals surface area contributed by atoms with Crippen molar-refractivity contribution in [2.45, 2.75) is 19.9 Å². The predicted octanol–water partition coefficient (Wildman–Crippen LogP) is 4.00. The van der Waals surface area contributed by atoms with Crippen LogP contribution in [0.1, 0.15) is 27.7 Å². The molecular formula is C14H14BrNOS. The molecule has 2 nitrogen and oxygen atoms in total. The SMILES string of the molecule is CCc1ccccc1C(=O)NCc1ccc(Br)s1. The van der Waals surface area contributed by atoms with E-state index in [9.17, 15) is 4.79 Å². The molecule has 0 saturated carbocycles. The molecule has 0 bridgehead atoms. The van der Waals surface area contributed by atoms with Crippen molar-refractivity contribution in [3.05, 3.63) is 56.2 Å². The summed E-state index contributed by atoms with van der Waals surface area (Å²) in [5.74, 6) is -0.00280. The number of carbonyl (C=O) groups is 1. The molecule has 18 heavy (non-hydrogen) atoms. The molecule has 1 heterocycles. The van der Waals surface area contributed by atoms with Crippen LogP contribution in [0.4, 0.5) is 0 Å². The van der Waals surface area contributed by atoms with Crippen LogP contribution in [0.5, 0.6) is 0 Å². The van der Waals surface area contributed by atoms with E-state index in [0.29, 0.717) is 6.54 Å². The zero-order valence-electron chi connectivity index (χ0n) is 10.1. The molecule has 1 aromatic heterocycles. The summed E-state index contributed by atoms with van der Waals surface area (Å²) in [6.07, 6.45) is 0.869. The second kappa shape index (κ2) is 6.16. The summed E-state index contributed by atoms with van der Waals surface area (Å²) in [5.41, 5.74) is 1.86. The van der Waals surface area contributed by atoms with Gasteiger partial charge in [-0.15, -0.1) is 11.3 Å². The van der Waals surface area contributed by atoms with Crippen LogP contribution in [-0.2, 0) is 13.0 Å². The lowest BCUT2D eigenvalue weighted by atomic mass is 10.0. The van der Waals surface area contributed by atoms with Crippen LogP contribution in [0.15, 0.2) is 40.2 Å². The van der Waals surface area contributed by atoms with Crippen molar-refractivity contribution in [1.82, 2.24) is 5.32 Å². The first kappa shape index (κ1) is 13.3. The Balaban J connectivity index is 2.03. The minimum atomic E-state index is -0.00280. The van der Waals surface area contributed by atoms with Gasteiger partial charge in [0.2, 0.25) is 0 Å². The highest BCUT2D eigenvalue weighted by molar-refractivity contribution is 9.11. The van der Waals surface area contributed by atoms with Crippen LogP contribution < -0.4 is 5.32 Å². The number of rotatable bonds is 4. The monoisotopic (exact) mass is 323 g/mol. The maximum atomic E-state index is 12.1. The molecule has 0 fully saturated rings. The minimum absolute atomic E-state index is 0.00280. The number of aryl methyl sites for hydroxylation is 1. The third-order valence-electron chi connectivity index (χ3n) is 2.69. The Morgan fingerprint density at radius 1 is 1.28 bits per heavy atom. The average molecular weight is 324 g/mol. The van der Waals surface area contributed by atoms with Crippen molar-refractivity contribution in [1.29, 1.82) is 0 Å². The molecule has 1 amide bonds. The van der Waals surface area contributed by atoms with Gasteiger partial charge in [-0.05, 0) is 46.1 Å². The fourth-order valence-corrected chi connectivity index (χ4v) is 3.18. The van der Waals surface area contributed by atoms with Crippen LogP contribution in [0.3, 0.4) is 0 Å². The Labute approximate surface area is 119 Å². The topological polar surface area (TPSA) is 29.1 Å². The van der Waals surface area contributed by atoms with Gasteiger partial charge in [-0.2, -0.15) is 0 Å². The molecular weight excluding hydrogens is 310 g/mol. The van der Waals surface area contributed by atoms with Gasteiger partial charge in [0.1, 0.15) is 0 Å². The van der Waals surface area contributed by atoms with Crippen LogP contribution in [0.2, 0.25) is 0 Å². The van der Waals surface area contributed by atoms with Gasteiger partial charge >= 0.3 is 0 Å². The second-order valence-electron chi connectivity index (χ2n) is 3.90. The maximum Gasteiger partial charge on any atom is 0.251 e. The third-order valence-corrected chi connectivity index (χ3v) is 4.32. The molecule has 2 rings (SSSR count). The Bertz CT molecular complexity index is 550. The Hall–Kier alpha value is -1.13. The molecule has 0 spiro atoms. The first-order valence-electron chi connectivity index (χ1n) is 5.81. The first-order chi connectivity index (χ1) is 8.70. The smallest absolute Gasteiger partial charge is 0.251 e. The summed E-state index contributed by atoms with van der Waals surface area (Å²) >= 11 is 5.05. The summed E-state index contributed by atoms with van der Waals surface area (Å²) in [6.45, 7) is 2.63. The molecule has 4 heteroatoms. The summed E-state index contributed by atoms with van der Waals surface area (Å²) in [4.78, 5) is 13.2. The Kier molecular flexibility index (Phi) is 4.55. The van der Waals surface area contributed by atoms with Gasteiger partial charge in [0, 0.05) is 10.4 Å². The molecule has 94 valence electrons. The molecule has 1 aromatic carbocycles. The highest BCUT2D eigenvalue weighted by atomic mass is 79.9. The zero-order valence-corrected chi connectivity index (χ0v) is 12.5. The van der Waals surface area contributed by atoms with E-state index in [1.807, 2.05) is 36.4 Å². The first-order valence-corrected chi connectivity index (χ1v) is 7.42. The van der Waals surface area contributed by atoms with Crippen LogP contribution in [0.25, 0.3) is 0 Å². The fraction of sp³-hybridized carbons (Fsp3) is 0.214. The number of halogens is 1. The van der Waals surface area contributed by atoms with Gasteiger partial charge in [-0.25, -0.2) is 0 Å². The third kappa shape index (κ3) is 3.21. The molecule has 0 aliphatic rings. The molecule has 0 aliphatic carbocycles. The van der Waals surface area contributed by atoms with E-state index in [1.54, 1.807) is 11.3 Å². The van der Waals surface area contributed by atoms with E-state index in [4.69, 9.17) is 0 Å². The number of thiophene rings is 1. The Morgan fingerprint density at radius 3 is 2.72 bits per heavy atom. The van der Waals surface area contributed by atoms with Crippen molar-refractivity contribution < 1.29 is 4.79 Å². The number of hydrogen-bond donors (Lipinski definition) is 1. The van der Waals surface area contributed by atoms with Gasteiger partial charge in [-0.1, -0.05) is 25.1 Å². The molecule has 0 unspecified atom stereocenters. The zero-order chi connectivity index (χ0) is 13.0. The summed E-state index contributed by atoms with van der Waals surface area (Å²) in [6, 6.07) is 11.7. The lowest BCUT2D eigenvalue weighted by Crippen LogP contribution is -2.23. The van der Waals surface area contributed by atoms with Crippen molar-refractivity contribution in [3.63, 3.8) is 0 Å². The van der Waals surface area contributed by atoms with E-state index in [-0.39, 0.29) is 5.91 Å². The summed E-state index contributed by atoms with van der Waals surface area (Å²) in [7, 11) is 0. The summed E-state index contributed by atoms with van der Waals surface area (Å²) in [5, 5.41) is 2.95. The normalized spacial score (nSPS) is 10.3. The lowest BCUT2D eigenvalue weighted by Gasteiger charge is -2.07. The van der Waals surface area contributed by atoms with Gasteiger partial charge < -0.3 is 5.32 Å². The van der Waals surface area contributed by atoms with Crippen LogP contribution >= 0.6 is 27.3 Å². The maximum absolute atomic E-state index is 12.1. The van der Waals surface area contributed by atoms with Crippen molar-refractivity contribution in [2.24, 2.45) is 0 Å². The quantitative estimate of drug-likeness (QED) is 0.905. The van der Waals surface area contributed by atoms with Gasteiger partial charge in [-0.3, -0.25) is 4.79 Å².